The zero-order chi connectivity index (χ0) is 28.0. The first-order valence-electron chi connectivity index (χ1n) is 13.0. The highest BCUT2D eigenvalue weighted by molar-refractivity contribution is 6.16. The summed E-state index contributed by atoms with van der Waals surface area (Å²) < 4.78 is 12.0. The fourth-order valence-corrected chi connectivity index (χ4v) is 5.33. The van der Waals surface area contributed by atoms with Crippen molar-refractivity contribution in [1.29, 1.82) is 0 Å². The number of rotatable bonds is 6. The van der Waals surface area contributed by atoms with E-state index < -0.39 is 11.6 Å². The first-order chi connectivity index (χ1) is 17.6. The summed E-state index contributed by atoms with van der Waals surface area (Å²) in [6.45, 7) is 13.9. The predicted molar refractivity (Wildman–Crippen MR) is 149 cm³/mol. The summed E-state index contributed by atoms with van der Waals surface area (Å²) in [7, 11) is 1.67. The molecule has 0 unspecified atom stereocenters. The number of nitrogens with zero attached hydrogens (tertiary/aromatic N) is 2. The van der Waals surface area contributed by atoms with E-state index >= 15 is 0 Å². The van der Waals surface area contributed by atoms with E-state index in [0.717, 1.165) is 46.7 Å². The van der Waals surface area contributed by atoms with E-state index in [1.54, 1.807) is 7.11 Å². The third-order valence-corrected chi connectivity index (χ3v) is 6.92. The van der Waals surface area contributed by atoms with Crippen molar-refractivity contribution in [3.8, 4) is 11.5 Å². The fraction of sp³-hybridized carbons (Fsp3) is 0.500. The van der Waals surface area contributed by atoms with Crippen molar-refractivity contribution in [2.24, 2.45) is 4.99 Å². The average Bonchev–Trinajstić information content (AvgIpc) is 3.11. The van der Waals surface area contributed by atoms with Crippen LogP contribution in [0.2, 0.25) is 0 Å². The van der Waals surface area contributed by atoms with E-state index in [2.05, 4.69) is 39.1 Å². The number of anilines is 1. The molecular weight excluding hydrogens is 482 g/mol. The monoisotopic (exact) mass is 521 g/mol. The van der Waals surface area contributed by atoms with Gasteiger partial charge in [0.15, 0.2) is 11.5 Å². The summed E-state index contributed by atoms with van der Waals surface area (Å²) >= 11 is 0. The topological polar surface area (TPSA) is 100 Å². The normalized spacial score (nSPS) is 17.0. The fourth-order valence-electron chi connectivity index (χ4n) is 5.33. The van der Waals surface area contributed by atoms with Crippen molar-refractivity contribution in [3.05, 3.63) is 52.6 Å². The van der Waals surface area contributed by atoms with Gasteiger partial charge in [-0.1, -0.05) is 12.1 Å². The third-order valence-electron chi connectivity index (χ3n) is 6.92. The van der Waals surface area contributed by atoms with Gasteiger partial charge < -0.3 is 24.8 Å². The second-order valence-electron chi connectivity index (χ2n) is 12.4. The van der Waals surface area contributed by atoms with Crippen molar-refractivity contribution in [3.63, 3.8) is 0 Å². The van der Waals surface area contributed by atoms with Crippen LogP contribution >= 0.6 is 0 Å². The van der Waals surface area contributed by atoms with Crippen LogP contribution in [-0.2, 0) is 17.6 Å². The highest BCUT2D eigenvalue weighted by atomic mass is 16.5. The molecule has 0 aliphatic carbocycles. The second-order valence-corrected chi connectivity index (χ2v) is 12.4. The van der Waals surface area contributed by atoms with Gasteiger partial charge in [0.25, 0.3) is 0 Å². The van der Waals surface area contributed by atoms with Crippen LogP contribution in [0, 0.1) is 0 Å². The van der Waals surface area contributed by atoms with Gasteiger partial charge in [-0.15, -0.1) is 0 Å². The molecule has 2 amide bonds. The summed E-state index contributed by atoms with van der Waals surface area (Å²) in [6.07, 6.45) is 0.538. The molecule has 8 heteroatoms. The quantitative estimate of drug-likeness (QED) is 0.509. The van der Waals surface area contributed by atoms with Gasteiger partial charge in [0.1, 0.15) is 5.60 Å². The van der Waals surface area contributed by atoms with Gasteiger partial charge in [-0.25, -0.2) is 4.79 Å². The Morgan fingerprint density at radius 3 is 2.50 bits per heavy atom. The Morgan fingerprint density at radius 1 is 1.16 bits per heavy atom. The van der Waals surface area contributed by atoms with Crippen molar-refractivity contribution in [2.75, 3.05) is 19.0 Å². The Hall–Kier alpha value is -3.55. The number of carbonyl (C=O) groups excluding carboxylic acids is 1. The molecule has 2 aliphatic rings. The lowest BCUT2D eigenvalue weighted by atomic mass is 9.81. The summed E-state index contributed by atoms with van der Waals surface area (Å²) in [5, 5.41) is 12.4. The summed E-state index contributed by atoms with van der Waals surface area (Å²) in [5.41, 5.74) is 4.50. The molecule has 2 N–H and O–H groups in total. The Bertz CT molecular complexity index is 1300. The van der Waals surface area contributed by atoms with E-state index in [1.165, 1.54) is 10.5 Å². The number of benzene rings is 2. The maximum Gasteiger partial charge on any atom is 0.407 e. The van der Waals surface area contributed by atoms with Crippen LogP contribution in [-0.4, -0.2) is 58.1 Å². The van der Waals surface area contributed by atoms with Crippen LogP contribution < -0.4 is 14.8 Å². The van der Waals surface area contributed by atoms with Gasteiger partial charge >= 0.3 is 6.09 Å². The highest BCUT2D eigenvalue weighted by Crippen LogP contribution is 2.47. The second kappa shape index (κ2) is 9.64. The molecule has 38 heavy (non-hydrogen) atoms. The summed E-state index contributed by atoms with van der Waals surface area (Å²) in [5.74, 6) is 1.27. The SMILES string of the molecule is COc1cc2c(c3c1OC(C)(C)C3)C(c1cccc(NC(=O)CCN(C(=O)O)C(C)(C)C)c1)=NC(C)(C)C2. The molecule has 2 heterocycles. The molecule has 8 nitrogen and oxygen atoms in total. The number of carbonyl (C=O) groups is 2. The number of nitrogens with one attached hydrogen (secondary N) is 1. The molecule has 0 saturated carbocycles. The van der Waals surface area contributed by atoms with E-state index in [9.17, 15) is 14.7 Å². The zero-order valence-electron chi connectivity index (χ0n) is 23.7. The Kier molecular flexibility index (Phi) is 6.97. The molecule has 0 aromatic heterocycles. The molecule has 0 atom stereocenters. The Morgan fingerprint density at radius 2 is 1.87 bits per heavy atom. The molecule has 204 valence electrons. The number of hydrogen-bond acceptors (Lipinski definition) is 5. The first-order valence-corrected chi connectivity index (χ1v) is 13.0. The maximum absolute atomic E-state index is 12.8. The van der Waals surface area contributed by atoms with Gasteiger partial charge in [-0.05, 0) is 78.6 Å². The number of hydrogen-bond donors (Lipinski definition) is 2. The lowest BCUT2D eigenvalue weighted by Gasteiger charge is -2.33. The van der Waals surface area contributed by atoms with E-state index in [4.69, 9.17) is 14.5 Å². The smallest absolute Gasteiger partial charge is 0.407 e. The van der Waals surface area contributed by atoms with Crippen LogP contribution in [0.3, 0.4) is 0 Å². The Balaban J connectivity index is 1.65. The molecule has 0 radical (unpaired) electrons. The lowest BCUT2D eigenvalue weighted by molar-refractivity contribution is -0.116. The van der Waals surface area contributed by atoms with Crippen molar-refractivity contribution >= 4 is 23.4 Å². The van der Waals surface area contributed by atoms with Crippen LogP contribution in [0.4, 0.5) is 10.5 Å². The van der Waals surface area contributed by atoms with Crippen molar-refractivity contribution in [2.45, 2.75) is 84.4 Å². The number of aliphatic imine (C=N–C) groups is 1. The van der Waals surface area contributed by atoms with Crippen LogP contribution in [0.15, 0.2) is 35.3 Å². The van der Waals surface area contributed by atoms with Gasteiger partial charge in [-0.3, -0.25) is 9.79 Å². The zero-order valence-corrected chi connectivity index (χ0v) is 23.7. The van der Waals surface area contributed by atoms with Crippen LogP contribution in [0.25, 0.3) is 0 Å². The van der Waals surface area contributed by atoms with Crippen LogP contribution in [0.1, 0.15) is 77.1 Å². The minimum atomic E-state index is -1.04. The number of carboxylic acid groups (broad SMARTS) is 1. The van der Waals surface area contributed by atoms with Crippen LogP contribution in [0.5, 0.6) is 11.5 Å². The molecular formula is C30H39N3O5. The number of methoxy groups -OCH3 is 1. The average molecular weight is 522 g/mol. The van der Waals surface area contributed by atoms with Gasteiger partial charge in [-0.2, -0.15) is 0 Å². The Labute approximate surface area is 225 Å². The third kappa shape index (κ3) is 5.64. The largest absolute Gasteiger partial charge is 0.493 e. The number of amides is 2. The first kappa shape index (κ1) is 27.5. The standard InChI is InChI=1S/C30H39N3O5/c1-28(2,3)33(27(35)36)13-12-23(34)31-20-11-9-10-18(14-20)25-24-19(16-29(4,5)32-25)15-22(37-8)26-21(24)17-30(6,7)38-26/h9-11,14-15H,12-13,16-17H2,1-8H3,(H,31,34)(H,35,36). The minimum absolute atomic E-state index is 0.0599. The lowest BCUT2D eigenvalue weighted by Crippen LogP contribution is -2.46. The molecule has 0 spiro atoms. The maximum atomic E-state index is 12.8. The molecule has 2 aromatic rings. The van der Waals surface area contributed by atoms with E-state index in [1.807, 2.05) is 45.0 Å². The number of ether oxygens (including phenoxy) is 2. The molecule has 0 saturated heterocycles. The van der Waals surface area contributed by atoms with E-state index in [-0.39, 0.29) is 30.0 Å². The minimum Gasteiger partial charge on any atom is -0.493 e. The van der Waals surface area contributed by atoms with Crippen molar-refractivity contribution in [1.82, 2.24) is 4.90 Å². The van der Waals surface area contributed by atoms with Gasteiger partial charge in [0.2, 0.25) is 5.91 Å². The van der Waals surface area contributed by atoms with Crippen molar-refractivity contribution < 1.29 is 24.2 Å². The summed E-state index contributed by atoms with van der Waals surface area (Å²) in [6, 6.07) is 9.74. The van der Waals surface area contributed by atoms with Gasteiger partial charge in [0.05, 0.1) is 18.4 Å². The predicted octanol–water partition coefficient (Wildman–Crippen LogP) is 5.69. The number of fused-ring (bicyclic) bond motifs is 3. The van der Waals surface area contributed by atoms with E-state index in [0.29, 0.717) is 5.69 Å². The molecule has 2 aromatic carbocycles. The molecule has 0 bridgehead atoms. The molecule has 4 rings (SSSR count). The summed E-state index contributed by atoms with van der Waals surface area (Å²) in [4.78, 5) is 30.8. The highest BCUT2D eigenvalue weighted by Gasteiger charge is 2.39. The van der Waals surface area contributed by atoms with Gasteiger partial charge in [0, 0.05) is 47.3 Å². The molecule has 0 fully saturated rings. The molecule has 2 aliphatic heterocycles.